The zero-order valence-electron chi connectivity index (χ0n) is 9.98. The molecule has 0 unspecified atom stereocenters. The number of hydrogen-bond donors (Lipinski definition) is 2. The van der Waals surface area contributed by atoms with E-state index in [1.165, 1.54) is 0 Å². The van der Waals surface area contributed by atoms with Crippen molar-refractivity contribution < 1.29 is 9.94 Å². The van der Waals surface area contributed by atoms with E-state index < -0.39 is 0 Å². The van der Waals surface area contributed by atoms with Crippen molar-refractivity contribution in [1.82, 2.24) is 0 Å². The van der Waals surface area contributed by atoms with Gasteiger partial charge < -0.3 is 15.7 Å². The molecule has 0 fully saturated rings. The lowest BCUT2D eigenvalue weighted by Crippen LogP contribution is -2.13. The van der Waals surface area contributed by atoms with Gasteiger partial charge in [-0.3, -0.25) is 0 Å². The van der Waals surface area contributed by atoms with Crippen LogP contribution in [0.4, 0.5) is 0 Å². The van der Waals surface area contributed by atoms with Crippen LogP contribution in [0.25, 0.3) is 0 Å². The second-order valence-electron chi connectivity index (χ2n) is 4.16. The molecular weight excluding hydrogens is 284 g/mol. The molecule has 0 aliphatic rings. The van der Waals surface area contributed by atoms with Crippen molar-refractivity contribution >= 4 is 21.8 Å². The summed E-state index contributed by atoms with van der Waals surface area (Å²) in [6, 6.07) is 5.37. The Hall–Kier alpha value is -1.23. The smallest absolute Gasteiger partial charge is 0.171 e. The Labute approximate surface area is 110 Å². The molecule has 0 aromatic heterocycles. The SMILES string of the molecule is CC(C)CCOc1ccc(/C(N)=N/O)c(Br)c1. The van der Waals surface area contributed by atoms with Gasteiger partial charge in [0.1, 0.15) is 5.75 Å². The van der Waals surface area contributed by atoms with Gasteiger partial charge in [-0.15, -0.1) is 0 Å². The summed E-state index contributed by atoms with van der Waals surface area (Å²) in [5, 5.41) is 11.6. The number of ether oxygens (including phenoxy) is 1. The van der Waals surface area contributed by atoms with Gasteiger partial charge in [0.2, 0.25) is 0 Å². The Morgan fingerprint density at radius 3 is 2.76 bits per heavy atom. The number of halogens is 1. The molecule has 0 saturated heterocycles. The molecule has 1 aromatic rings. The number of rotatable bonds is 5. The summed E-state index contributed by atoms with van der Waals surface area (Å²) in [5.74, 6) is 1.47. The first kappa shape index (κ1) is 13.8. The molecule has 1 rings (SSSR count). The predicted molar refractivity (Wildman–Crippen MR) is 71.6 cm³/mol. The van der Waals surface area contributed by atoms with Crippen LogP contribution in [0.15, 0.2) is 27.8 Å². The normalized spacial score (nSPS) is 11.9. The van der Waals surface area contributed by atoms with Crippen molar-refractivity contribution in [1.29, 1.82) is 0 Å². The van der Waals surface area contributed by atoms with Gasteiger partial charge in [0.15, 0.2) is 5.84 Å². The van der Waals surface area contributed by atoms with Crippen molar-refractivity contribution in [3.63, 3.8) is 0 Å². The topological polar surface area (TPSA) is 67.8 Å². The van der Waals surface area contributed by atoms with Crippen LogP contribution in [0.3, 0.4) is 0 Å². The van der Waals surface area contributed by atoms with Crippen molar-refractivity contribution in [3.05, 3.63) is 28.2 Å². The molecule has 0 bridgehead atoms. The number of hydrogen-bond acceptors (Lipinski definition) is 3. The Bertz CT molecular complexity index is 405. The van der Waals surface area contributed by atoms with Crippen molar-refractivity contribution in [2.75, 3.05) is 6.61 Å². The summed E-state index contributed by atoms with van der Waals surface area (Å²) in [7, 11) is 0. The highest BCUT2D eigenvalue weighted by Gasteiger charge is 2.06. The first-order chi connectivity index (χ1) is 8.04. The van der Waals surface area contributed by atoms with Crippen molar-refractivity contribution in [3.8, 4) is 5.75 Å². The zero-order chi connectivity index (χ0) is 12.8. The molecule has 0 radical (unpaired) electrons. The van der Waals surface area contributed by atoms with E-state index in [1.807, 2.05) is 6.07 Å². The Balaban J connectivity index is 2.69. The van der Waals surface area contributed by atoms with Crippen LogP contribution in [0.5, 0.6) is 5.75 Å². The number of nitrogens with two attached hydrogens (primary N) is 1. The molecule has 0 aliphatic heterocycles. The average Bonchev–Trinajstić information content (AvgIpc) is 2.28. The van der Waals surface area contributed by atoms with Crippen LogP contribution >= 0.6 is 15.9 Å². The Morgan fingerprint density at radius 2 is 2.24 bits per heavy atom. The Kier molecular flexibility index (Phi) is 5.28. The average molecular weight is 301 g/mol. The molecule has 3 N–H and O–H groups in total. The summed E-state index contributed by atoms with van der Waals surface area (Å²) in [4.78, 5) is 0. The fraction of sp³-hybridized carbons (Fsp3) is 0.417. The van der Waals surface area contributed by atoms with Crippen molar-refractivity contribution in [2.45, 2.75) is 20.3 Å². The van der Waals surface area contributed by atoms with Crippen molar-refractivity contribution in [2.24, 2.45) is 16.8 Å². The lowest BCUT2D eigenvalue weighted by atomic mass is 10.1. The first-order valence-corrected chi connectivity index (χ1v) is 6.24. The van der Waals surface area contributed by atoms with Gasteiger partial charge in [-0.25, -0.2) is 0 Å². The molecule has 1 aromatic carbocycles. The lowest BCUT2D eigenvalue weighted by molar-refractivity contribution is 0.289. The van der Waals surface area contributed by atoms with E-state index in [0.29, 0.717) is 18.1 Å². The predicted octanol–water partition coefficient (Wildman–Crippen LogP) is 2.97. The number of nitrogens with zero attached hydrogens (tertiary/aromatic N) is 1. The van der Waals surface area contributed by atoms with E-state index in [2.05, 4.69) is 34.9 Å². The fourth-order valence-electron chi connectivity index (χ4n) is 1.26. The summed E-state index contributed by atoms with van der Waals surface area (Å²) in [5.41, 5.74) is 6.16. The molecule has 0 spiro atoms. The third-order valence-electron chi connectivity index (χ3n) is 2.29. The lowest BCUT2D eigenvalue weighted by Gasteiger charge is -2.09. The highest BCUT2D eigenvalue weighted by Crippen LogP contribution is 2.23. The molecule has 0 saturated carbocycles. The fourth-order valence-corrected chi connectivity index (χ4v) is 1.82. The van der Waals surface area contributed by atoms with Crippen LogP contribution in [0.1, 0.15) is 25.8 Å². The summed E-state index contributed by atoms with van der Waals surface area (Å²) in [6.07, 6.45) is 1.01. The minimum atomic E-state index is 0.0746. The molecule has 0 heterocycles. The minimum absolute atomic E-state index is 0.0746. The molecule has 4 nitrogen and oxygen atoms in total. The molecule has 0 aliphatic carbocycles. The molecule has 0 atom stereocenters. The highest BCUT2D eigenvalue weighted by atomic mass is 79.9. The van der Waals surface area contributed by atoms with Gasteiger partial charge in [0, 0.05) is 10.0 Å². The van der Waals surface area contributed by atoms with Gasteiger partial charge >= 0.3 is 0 Å². The molecule has 94 valence electrons. The minimum Gasteiger partial charge on any atom is -0.494 e. The zero-order valence-corrected chi connectivity index (χ0v) is 11.6. The van der Waals surface area contributed by atoms with Crippen LogP contribution in [0.2, 0.25) is 0 Å². The van der Waals surface area contributed by atoms with Gasteiger partial charge in [-0.05, 0) is 46.5 Å². The van der Waals surface area contributed by atoms with Gasteiger partial charge in [-0.2, -0.15) is 0 Å². The highest BCUT2D eigenvalue weighted by molar-refractivity contribution is 9.10. The standard InChI is InChI=1S/C12H17BrN2O2/c1-8(2)5-6-17-9-3-4-10(11(13)7-9)12(14)15-16/h3-4,7-8,16H,5-6H2,1-2H3,(H2,14,15). The third kappa shape index (κ3) is 4.26. The van der Waals surface area contributed by atoms with Crippen LogP contribution < -0.4 is 10.5 Å². The van der Waals surface area contributed by atoms with Gasteiger partial charge in [0.05, 0.1) is 6.61 Å². The molecule has 17 heavy (non-hydrogen) atoms. The van der Waals surface area contributed by atoms with E-state index in [-0.39, 0.29) is 5.84 Å². The summed E-state index contributed by atoms with van der Waals surface area (Å²) >= 11 is 3.36. The largest absolute Gasteiger partial charge is 0.494 e. The van der Waals surface area contributed by atoms with Crippen LogP contribution in [0, 0.1) is 5.92 Å². The second-order valence-corrected chi connectivity index (χ2v) is 5.01. The maximum Gasteiger partial charge on any atom is 0.171 e. The van der Waals surface area contributed by atoms with Gasteiger partial charge in [-0.1, -0.05) is 19.0 Å². The summed E-state index contributed by atoms with van der Waals surface area (Å²) < 4.78 is 6.34. The quantitative estimate of drug-likeness (QED) is 0.380. The maximum atomic E-state index is 8.60. The van der Waals surface area contributed by atoms with E-state index >= 15 is 0 Å². The monoisotopic (exact) mass is 300 g/mol. The Morgan fingerprint density at radius 1 is 1.53 bits per heavy atom. The second kappa shape index (κ2) is 6.49. The molecular formula is C12H17BrN2O2. The molecule has 0 amide bonds. The third-order valence-corrected chi connectivity index (χ3v) is 2.94. The van der Waals surface area contributed by atoms with Crippen LogP contribution in [-0.2, 0) is 0 Å². The maximum absolute atomic E-state index is 8.60. The number of amidine groups is 1. The van der Waals surface area contributed by atoms with Gasteiger partial charge in [0.25, 0.3) is 0 Å². The van der Waals surface area contributed by atoms with E-state index in [0.717, 1.165) is 16.6 Å². The van der Waals surface area contributed by atoms with E-state index in [4.69, 9.17) is 15.7 Å². The van der Waals surface area contributed by atoms with E-state index in [1.54, 1.807) is 12.1 Å². The van der Waals surface area contributed by atoms with Crippen LogP contribution in [-0.4, -0.2) is 17.6 Å². The number of benzene rings is 1. The summed E-state index contributed by atoms with van der Waals surface area (Å²) in [6.45, 7) is 4.99. The first-order valence-electron chi connectivity index (χ1n) is 5.45. The molecule has 5 heteroatoms. The van der Waals surface area contributed by atoms with E-state index in [9.17, 15) is 0 Å². The number of oxime groups is 1.